The largest absolute Gasteiger partial charge is 0.401 e. The fourth-order valence-corrected chi connectivity index (χ4v) is 8.24. The Bertz CT molecular complexity index is 2710. The van der Waals surface area contributed by atoms with E-state index in [4.69, 9.17) is 34.4 Å². The summed E-state index contributed by atoms with van der Waals surface area (Å²) in [7, 11) is 0. The lowest BCUT2D eigenvalue weighted by molar-refractivity contribution is -0.136. The number of H-pyrrole nitrogens is 1. The number of nitrogens with two attached hydrogens (primary N) is 6. The minimum absolute atomic E-state index is 0.00657. The van der Waals surface area contributed by atoms with Crippen LogP contribution in [0.1, 0.15) is 81.4 Å². The molecule has 2 aromatic carbocycles. The average molecular weight is 1070 g/mol. The second-order valence-corrected chi connectivity index (χ2v) is 18.4. The van der Waals surface area contributed by atoms with Gasteiger partial charge in [-0.2, -0.15) is 5.26 Å². The first-order valence-electron chi connectivity index (χ1n) is 24.9. The number of nitriles is 1. The number of fused-ring (bicyclic) bond motifs is 1. The molecular weight excluding hydrogens is 997 g/mol. The monoisotopic (exact) mass is 1070 g/mol. The number of aliphatic imine (C=N–C) groups is 2. The number of aromatic nitrogens is 1. The van der Waals surface area contributed by atoms with Gasteiger partial charge in [0.25, 0.3) is 0 Å². The van der Waals surface area contributed by atoms with E-state index in [-0.39, 0.29) is 107 Å². The van der Waals surface area contributed by atoms with Crippen molar-refractivity contribution in [1.29, 1.82) is 5.26 Å². The molecule has 7 atom stereocenters. The van der Waals surface area contributed by atoms with Crippen molar-refractivity contribution < 1.29 is 43.2 Å². The summed E-state index contributed by atoms with van der Waals surface area (Å²) in [6.07, 6.45) is 0.448. The Hall–Kier alpha value is -9.22. The summed E-state index contributed by atoms with van der Waals surface area (Å²) >= 11 is 0. The van der Waals surface area contributed by atoms with Gasteiger partial charge in [-0.1, -0.05) is 36.9 Å². The first-order chi connectivity index (χ1) is 36.6. The Labute approximate surface area is 444 Å². The Morgan fingerprint density at radius 2 is 1.35 bits per heavy atom. The lowest BCUT2D eigenvalue weighted by Crippen LogP contribution is -2.60. The normalized spacial score (nSPS) is 20.7. The lowest BCUT2D eigenvalue weighted by Gasteiger charge is -2.28. The van der Waals surface area contributed by atoms with E-state index in [1.54, 1.807) is 6.20 Å². The molecule has 9 amide bonds. The molecule has 0 bridgehead atoms. The zero-order chi connectivity index (χ0) is 56.6. The topological polar surface area (TPSA) is 470 Å². The highest BCUT2D eigenvalue weighted by Crippen LogP contribution is 2.20. The molecular formula is C50H70N18O9. The molecule has 21 N–H and O–H groups in total. The number of nitrogens with zero attached hydrogens (tertiary/aromatic N) is 3. The highest BCUT2D eigenvalue weighted by Gasteiger charge is 2.35. The van der Waals surface area contributed by atoms with Crippen molar-refractivity contribution in [2.75, 3.05) is 19.6 Å². The minimum Gasteiger partial charge on any atom is -0.401 e. The smallest absolute Gasteiger partial charge is 0.243 e. The van der Waals surface area contributed by atoms with Crippen molar-refractivity contribution in [3.8, 4) is 6.07 Å². The molecule has 1 fully saturated rings. The van der Waals surface area contributed by atoms with Crippen LogP contribution in [0.25, 0.3) is 10.9 Å². The second kappa shape index (κ2) is 30.2. The molecule has 1 aliphatic heterocycles. The molecule has 1 aromatic heterocycles. The summed E-state index contributed by atoms with van der Waals surface area (Å²) in [5.74, 6) is -8.10. The number of hydrogen-bond donors (Lipinski definition) is 15. The Kier molecular flexibility index (Phi) is 23.7. The van der Waals surface area contributed by atoms with Gasteiger partial charge in [0.05, 0.1) is 24.1 Å². The number of guanidine groups is 2. The molecule has 0 spiro atoms. The third-order valence-electron chi connectivity index (χ3n) is 12.2. The highest BCUT2D eigenvalue weighted by atomic mass is 16.2. The molecule has 27 heteroatoms. The third-order valence-corrected chi connectivity index (χ3v) is 12.2. The van der Waals surface area contributed by atoms with E-state index in [2.05, 4.69) is 64.1 Å². The van der Waals surface area contributed by atoms with Crippen molar-refractivity contribution in [1.82, 2.24) is 47.5 Å². The highest BCUT2D eigenvalue weighted by molar-refractivity contribution is 5.99. The van der Waals surface area contributed by atoms with Crippen LogP contribution in [0.15, 0.2) is 77.0 Å². The SMILES string of the molecule is C=C(N)[C@@H]1CCCNC(=O)CC[C@H](NC(=O)[C@H](CCCN=C(N)N)NC(C)=O)C(=O)N[C@@H](CC(N)=O)C(=O)N[C@H](Cc2ccc(C#N)cc2)C(=O)N[C@@H](CCCN=C(N)N)C(=O)N[C@@H](Cc2c[nH]c3ccccc23)C(=O)N1. The van der Waals surface area contributed by atoms with E-state index in [0.29, 0.717) is 11.1 Å². The van der Waals surface area contributed by atoms with Gasteiger partial charge in [0, 0.05) is 68.6 Å². The Morgan fingerprint density at radius 3 is 1.99 bits per heavy atom. The van der Waals surface area contributed by atoms with Crippen LogP contribution in [0.4, 0.5) is 0 Å². The van der Waals surface area contributed by atoms with Crippen molar-refractivity contribution in [2.24, 2.45) is 44.4 Å². The van der Waals surface area contributed by atoms with Gasteiger partial charge >= 0.3 is 0 Å². The van der Waals surface area contributed by atoms with Gasteiger partial charge in [-0.15, -0.1) is 0 Å². The number of carbonyl (C=O) groups is 9. The van der Waals surface area contributed by atoms with E-state index >= 15 is 0 Å². The molecule has 0 aliphatic carbocycles. The molecule has 0 saturated carbocycles. The Balaban J connectivity index is 1.80. The minimum atomic E-state index is -1.80. The van der Waals surface area contributed by atoms with Crippen LogP contribution in [-0.4, -0.2) is 132 Å². The number of hydrogen-bond acceptors (Lipinski definition) is 13. The number of benzene rings is 2. The molecule has 0 unspecified atom stereocenters. The van der Waals surface area contributed by atoms with E-state index in [9.17, 15) is 48.4 Å². The quantitative estimate of drug-likeness (QED) is 0.0332. The van der Waals surface area contributed by atoms with E-state index < -0.39 is 102 Å². The number of aromatic amines is 1. The molecule has 4 rings (SSSR count). The summed E-state index contributed by atoms with van der Waals surface area (Å²) < 4.78 is 0. The molecule has 77 heavy (non-hydrogen) atoms. The predicted octanol–water partition coefficient (Wildman–Crippen LogP) is -3.62. The number of primary amides is 1. The maximum absolute atomic E-state index is 14.6. The fraction of sp³-hybridized carbons (Fsp3) is 0.440. The standard InChI is InChI=1S/C50H70N18O9/c1-27(52)33-10-5-19-58-42(71)18-17-37(65-43(72)35(62-28(2)69)11-6-20-59-49(54)55)45(74)68-40(24-41(53)70)48(77)66-38(22-29-13-15-30(25-51)16-14-29)46(75)64-36(12-7-21-60-50(56)57)44(73)67-39(47(76)63-33)23-31-26-61-34-9-4-3-8-32(31)34/h3-4,8-9,13-16,26,33,35-40,61H,1,5-7,10-12,17-24,52H2,2H3,(H2,53,70)(H,58,71)(H,62,69)(H,63,76)(H,64,75)(H,65,72)(H,66,77)(H,67,73)(H,68,74)(H4,54,55,59)(H4,56,57,60)/t33-,35-,36-,37-,38+,39-,40-/m0/s1. The summed E-state index contributed by atoms with van der Waals surface area (Å²) in [5, 5.41) is 31.4. The molecule has 2 heterocycles. The third kappa shape index (κ3) is 20.5. The van der Waals surface area contributed by atoms with Crippen LogP contribution in [-0.2, 0) is 56.0 Å². The van der Waals surface area contributed by atoms with Crippen LogP contribution in [0, 0.1) is 11.3 Å². The van der Waals surface area contributed by atoms with E-state index in [1.165, 1.54) is 31.2 Å². The van der Waals surface area contributed by atoms with Gasteiger partial charge in [0.1, 0.15) is 36.3 Å². The molecule has 1 aliphatic rings. The summed E-state index contributed by atoms with van der Waals surface area (Å²) in [5.41, 5.74) is 36.0. The molecule has 414 valence electrons. The van der Waals surface area contributed by atoms with Gasteiger partial charge in [-0.05, 0) is 74.3 Å². The zero-order valence-electron chi connectivity index (χ0n) is 42.8. The number of para-hydroxylation sites is 1. The second-order valence-electron chi connectivity index (χ2n) is 18.4. The van der Waals surface area contributed by atoms with Gasteiger partial charge in [-0.3, -0.25) is 53.1 Å². The number of carbonyl (C=O) groups excluding carboxylic acids is 9. The summed E-state index contributed by atoms with van der Waals surface area (Å²) in [6.45, 7) is 5.18. The van der Waals surface area contributed by atoms with Crippen molar-refractivity contribution >= 4 is 76.0 Å². The lowest BCUT2D eigenvalue weighted by atomic mass is 10.0. The van der Waals surface area contributed by atoms with E-state index in [1.807, 2.05) is 30.3 Å². The average Bonchev–Trinajstić information content (AvgIpc) is 3.78. The van der Waals surface area contributed by atoms with Crippen molar-refractivity contribution in [3.05, 3.63) is 83.7 Å². The van der Waals surface area contributed by atoms with E-state index in [0.717, 1.165) is 10.9 Å². The van der Waals surface area contributed by atoms with Gasteiger partial charge in [0.15, 0.2) is 11.9 Å². The van der Waals surface area contributed by atoms with Crippen LogP contribution in [0.3, 0.4) is 0 Å². The van der Waals surface area contributed by atoms with Crippen LogP contribution in [0.5, 0.6) is 0 Å². The molecule has 0 radical (unpaired) electrons. The molecule has 1 saturated heterocycles. The van der Waals surface area contributed by atoms with Gasteiger partial charge in [-0.25, -0.2) is 0 Å². The van der Waals surface area contributed by atoms with Gasteiger partial charge in [0.2, 0.25) is 53.2 Å². The van der Waals surface area contributed by atoms with Crippen LogP contribution in [0.2, 0.25) is 0 Å². The maximum atomic E-state index is 14.6. The first kappa shape index (κ1) is 60.3. The van der Waals surface area contributed by atoms with Crippen LogP contribution >= 0.6 is 0 Å². The molecule has 27 nitrogen and oxygen atoms in total. The zero-order valence-corrected chi connectivity index (χ0v) is 42.8. The first-order valence-corrected chi connectivity index (χ1v) is 24.9. The Morgan fingerprint density at radius 1 is 0.753 bits per heavy atom. The fourth-order valence-electron chi connectivity index (χ4n) is 8.24. The van der Waals surface area contributed by atoms with Gasteiger partial charge < -0.3 is 81.9 Å². The summed E-state index contributed by atoms with van der Waals surface area (Å²) in [4.78, 5) is 135. The predicted molar refractivity (Wildman–Crippen MR) is 284 cm³/mol. The van der Waals surface area contributed by atoms with Crippen LogP contribution < -0.4 is 76.9 Å². The van der Waals surface area contributed by atoms with Crippen molar-refractivity contribution in [2.45, 2.75) is 120 Å². The number of amides is 9. The van der Waals surface area contributed by atoms with Crippen molar-refractivity contribution in [3.63, 3.8) is 0 Å². The maximum Gasteiger partial charge on any atom is 0.243 e. The molecule has 3 aromatic rings. The summed E-state index contributed by atoms with van der Waals surface area (Å²) in [6, 6.07) is 5.57. The number of rotatable bonds is 18. The number of nitrogens with one attached hydrogen (secondary N) is 9.